The van der Waals surface area contributed by atoms with Crippen molar-refractivity contribution in [1.82, 2.24) is 15.1 Å². The zero-order chi connectivity index (χ0) is 18.7. The number of urea groups is 1. The van der Waals surface area contributed by atoms with E-state index < -0.39 is 17.5 Å². The van der Waals surface area contributed by atoms with Gasteiger partial charge < -0.3 is 10.2 Å². The lowest BCUT2D eigenvalue weighted by Crippen LogP contribution is -2.46. The third-order valence-corrected chi connectivity index (χ3v) is 4.55. The van der Waals surface area contributed by atoms with Gasteiger partial charge in [-0.05, 0) is 11.1 Å². The van der Waals surface area contributed by atoms with E-state index in [2.05, 4.69) is 5.32 Å². The van der Waals surface area contributed by atoms with Crippen LogP contribution in [0, 0.1) is 0 Å². The third-order valence-electron chi connectivity index (χ3n) is 4.55. The van der Waals surface area contributed by atoms with Crippen LogP contribution in [0.3, 0.4) is 0 Å². The molecule has 1 atom stereocenters. The molecule has 0 bridgehead atoms. The Morgan fingerprint density at radius 1 is 1.00 bits per heavy atom. The van der Waals surface area contributed by atoms with Crippen LogP contribution < -0.4 is 5.32 Å². The molecule has 1 heterocycles. The highest BCUT2D eigenvalue weighted by Crippen LogP contribution is 2.32. The van der Waals surface area contributed by atoms with Crippen LogP contribution in [0.2, 0.25) is 0 Å². The minimum absolute atomic E-state index is 0.277. The van der Waals surface area contributed by atoms with Crippen LogP contribution >= 0.6 is 0 Å². The molecular formula is C20H21N3O3. The molecule has 6 nitrogen and oxygen atoms in total. The van der Waals surface area contributed by atoms with Crippen molar-refractivity contribution in [2.45, 2.75) is 12.0 Å². The van der Waals surface area contributed by atoms with Gasteiger partial charge in [-0.1, -0.05) is 60.7 Å². The van der Waals surface area contributed by atoms with E-state index in [0.717, 1.165) is 10.5 Å². The highest BCUT2D eigenvalue weighted by atomic mass is 16.2. The molecule has 3 rings (SSSR count). The minimum Gasteiger partial charge on any atom is -0.347 e. The molecule has 6 heteroatoms. The van der Waals surface area contributed by atoms with Crippen molar-refractivity contribution in [1.29, 1.82) is 0 Å². The molecule has 0 radical (unpaired) electrons. The summed E-state index contributed by atoms with van der Waals surface area (Å²) >= 11 is 0. The Balaban J connectivity index is 2.00. The van der Waals surface area contributed by atoms with E-state index >= 15 is 0 Å². The summed E-state index contributed by atoms with van der Waals surface area (Å²) in [4.78, 5) is 40.2. The Morgan fingerprint density at radius 2 is 1.58 bits per heavy atom. The van der Waals surface area contributed by atoms with Crippen LogP contribution in [0.15, 0.2) is 60.7 Å². The number of benzene rings is 2. The summed E-state index contributed by atoms with van der Waals surface area (Å²) in [5, 5.41) is 2.84. The molecule has 2 aromatic rings. The summed E-state index contributed by atoms with van der Waals surface area (Å²) in [6, 6.07) is 18.1. The number of hydrogen-bond acceptors (Lipinski definition) is 3. The molecule has 0 aromatic heterocycles. The molecule has 26 heavy (non-hydrogen) atoms. The lowest BCUT2D eigenvalue weighted by molar-refractivity contribution is -0.138. The molecule has 1 saturated heterocycles. The van der Waals surface area contributed by atoms with Crippen molar-refractivity contribution >= 4 is 17.8 Å². The second kappa shape index (κ2) is 7.00. The molecule has 1 fully saturated rings. The van der Waals surface area contributed by atoms with Gasteiger partial charge in [-0.2, -0.15) is 0 Å². The van der Waals surface area contributed by atoms with E-state index in [0.29, 0.717) is 12.0 Å². The maximum Gasteiger partial charge on any atom is 0.325 e. The number of hydrogen-bond donors (Lipinski definition) is 1. The van der Waals surface area contributed by atoms with Crippen molar-refractivity contribution in [2.75, 3.05) is 20.6 Å². The molecule has 1 aliphatic heterocycles. The first kappa shape index (κ1) is 17.7. The standard InChI is InChI=1S/C20H21N3O3/c1-22(2)17(24)14-23-18(25)20(21-19(23)26,16-11-7-4-8-12-16)13-15-9-5-3-6-10-15/h3-12H,13-14H2,1-2H3,(H,21,26)/t20-/m1/s1. The zero-order valence-electron chi connectivity index (χ0n) is 14.8. The largest absolute Gasteiger partial charge is 0.347 e. The van der Waals surface area contributed by atoms with Crippen molar-refractivity contribution in [3.63, 3.8) is 0 Å². The van der Waals surface area contributed by atoms with E-state index in [1.54, 1.807) is 14.1 Å². The van der Waals surface area contributed by atoms with Gasteiger partial charge in [-0.25, -0.2) is 4.79 Å². The number of nitrogens with zero attached hydrogens (tertiary/aromatic N) is 2. The number of nitrogens with one attached hydrogen (secondary N) is 1. The van der Waals surface area contributed by atoms with E-state index in [1.807, 2.05) is 60.7 Å². The van der Waals surface area contributed by atoms with Crippen molar-refractivity contribution in [3.05, 3.63) is 71.8 Å². The van der Waals surface area contributed by atoms with Gasteiger partial charge >= 0.3 is 6.03 Å². The zero-order valence-corrected chi connectivity index (χ0v) is 14.8. The Bertz CT molecular complexity index is 821. The number of rotatable bonds is 5. The fourth-order valence-electron chi connectivity index (χ4n) is 3.09. The molecule has 2 aromatic carbocycles. The molecule has 134 valence electrons. The predicted octanol–water partition coefficient (Wildman–Crippen LogP) is 1.76. The van der Waals surface area contributed by atoms with E-state index in [4.69, 9.17) is 0 Å². The van der Waals surface area contributed by atoms with Crippen LogP contribution in [0.4, 0.5) is 4.79 Å². The SMILES string of the molecule is CN(C)C(=O)CN1C(=O)N[C@](Cc2ccccc2)(c2ccccc2)C1=O. The maximum absolute atomic E-state index is 13.3. The highest BCUT2D eigenvalue weighted by Gasteiger charge is 2.52. The normalized spacial score (nSPS) is 19.4. The van der Waals surface area contributed by atoms with Crippen LogP contribution in [0.5, 0.6) is 0 Å². The summed E-state index contributed by atoms with van der Waals surface area (Å²) in [5.74, 6) is -0.718. The smallest absolute Gasteiger partial charge is 0.325 e. The third kappa shape index (κ3) is 3.18. The minimum atomic E-state index is -1.22. The van der Waals surface area contributed by atoms with Crippen LogP contribution in [0.1, 0.15) is 11.1 Å². The molecule has 1 aliphatic rings. The van der Waals surface area contributed by atoms with Crippen molar-refractivity contribution < 1.29 is 14.4 Å². The highest BCUT2D eigenvalue weighted by molar-refractivity contribution is 6.09. The van der Waals surface area contributed by atoms with Crippen LogP contribution in [0.25, 0.3) is 0 Å². The lowest BCUT2D eigenvalue weighted by atomic mass is 9.83. The lowest BCUT2D eigenvalue weighted by Gasteiger charge is -2.27. The second-order valence-corrected chi connectivity index (χ2v) is 6.54. The van der Waals surface area contributed by atoms with E-state index in [-0.39, 0.29) is 12.5 Å². The average Bonchev–Trinajstić information content (AvgIpc) is 2.88. The van der Waals surface area contributed by atoms with Crippen LogP contribution in [-0.4, -0.2) is 48.3 Å². The Morgan fingerprint density at radius 3 is 2.15 bits per heavy atom. The Hall–Kier alpha value is -3.15. The summed E-state index contributed by atoms with van der Waals surface area (Å²) in [6.07, 6.45) is 0.315. The quantitative estimate of drug-likeness (QED) is 0.835. The van der Waals surface area contributed by atoms with Gasteiger partial charge in [0.15, 0.2) is 5.54 Å². The molecule has 0 unspecified atom stereocenters. The van der Waals surface area contributed by atoms with E-state index in [9.17, 15) is 14.4 Å². The van der Waals surface area contributed by atoms with Crippen molar-refractivity contribution in [2.24, 2.45) is 0 Å². The van der Waals surface area contributed by atoms with Gasteiger partial charge in [0.25, 0.3) is 5.91 Å². The van der Waals surface area contributed by atoms with E-state index in [1.165, 1.54) is 4.90 Å². The number of imide groups is 1. The number of amides is 4. The fourth-order valence-corrected chi connectivity index (χ4v) is 3.09. The van der Waals surface area contributed by atoms with Crippen LogP contribution in [-0.2, 0) is 21.5 Å². The second-order valence-electron chi connectivity index (χ2n) is 6.54. The first-order valence-electron chi connectivity index (χ1n) is 8.38. The van der Waals surface area contributed by atoms with Gasteiger partial charge in [0.05, 0.1) is 0 Å². The molecule has 0 spiro atoms. The summed E-state index contributed by atoms with van der Waals surface area (Å²) < 4.78 is 0. The monoisotopic (exact) mass is 351 g/mol. The molecule has 1 N–H and O–H groups in total. The topological polar surface area (TPSA) is 69.7 Å². The summed E-state index contributed by atoms with van der Waals surface area (Å²) in [6.45, 7) is -0.277. The molecule has 0 saturated carbocycles. The fraction of sp³-hybridized carbons (Fsp3) is 0.250. The summed E-state index contributed by atoms with van der Waals surface area (Å²) in [7, 11) is 3.18. The molecular weight excluding hydrogens is 330 g/mol. The Labute approximate surface area is 152 Å². The van der Waals surface area contributed by atoms with Gasteiger partial charge in [0, 0.05) is 20.5 Å². The van der Waals surface area contributed by atoms with Crippen molar-refractivity contribution in [3.8, 4) is 0 Å². The van der Waals surface area contributed by atoms with Gasteiger partial charge in [0.2, 0.25) is 5.91 Å². The average molecular weight is 351 g/mol. The first-order valence-corrected chi connectivity index (χ1v) is 8.38. The maximum atomic E-state index is 13.3. The predicted molar refractivity (Wildman–Crippen MR) is 97.2 cm³/mol. The Kier molecular flexibility index (Phi) is 4.75. The number of carbonyl (C=O) groups is 3. The van der Waals surface area contributed by atoms with Gasteiger partial charge in [0.1, 0.15) is 6.54 Å². The molecule has 0 aliphatic carbocycles. The first-order chi connectivity index (χ1) is 12.4. The van der Waals surface area contributed by atoms with Gasteiger partial charge in [-0.15, -0.1) is 0 Å². The number of likely N-dealkylation sites (N-methyl/N-ethyl adjacent to an activating group) is 1. The van der Waals surface area contributed by atoms with Gasteiger partial charge in [-0.3, -0.25) is 14.5 Å². The number of carbonyl (C=O) groups excluding carboxylic acids is 3. The molecule has 4 amide bonds. The summed E-state index contributed by atoms with van der Waals surface area (Å²) in [5.41, 5.74) is 0.402.